The minimum Gasteiger partial charge on any atom is -0.339 e. The van der Waals surface area contributed by atoms with Gasteiger partial charge in [0.15, 0.2) is 0 Å². The summed E-state index contributed by atoms with van der Waals surface area (Å²) >= 11 is 1.60. The van der Waals surface area contributed by atoms with Gasteiger partial charge in [-0.15, -0.1) is 11.3 Å². The predicted octanol–water partition coefficient (Wildman–Crippen LogP) is 2.10. The van der Waals surface area contributed by atoms with Gasteiger partial charge in [-0.1, -0.05) is 30.3 Å². The number of urea groups is 1. The van der Waals surface area contributed by atoms with Crippen LogP contribution in [0.3, 0.4) is 0 Å². The zero-order valence-corrected chi connectivity index (χ0v) is 16.0. The molecule has 1 aromatic carbocycles. The van der Waals surface area contributed by atoms with Crippen LogP contribution in [0.5, 0.6) is 0 Å². The highest BCUT2D eigenvalue weighted by Gasteiger charge is 2.25. The number of benzene rings is 1. The maximum atomic E-state index is 12.5. The minimum atomic E-state index is 0.00199. The highest BCUT2D eigenvalue weighted by Crippen LogP contribution is 2.16. The Bertz CT molecular complexity index is 752. The van der Waals surface area contributed by atoms with Crippen LogP contribution in [-0.2, 0) is 17.6 Å². The first-order valence-corrected chi connectivity index (χ1v) is 9.62. The summed E-state index contributed by atoms with van der Waals surface area (Å²) in [4.78, 5) is 34.3. The van der Waals surface area contributed by atoms with Gasteiger partial charge in [-0.25, -0.2) is 9.78 Å². The number of piperazine rings is 1. The highest BCUT2D eigenvalue weighted by molar-refractivity contribution is 7.09. The van der Waals surface area contributed by atoms with E-state index in [2.05, 4.69) is 17.1 Å². The Morgan fingerprint density at radius 2 is 1.73 bits per heavy atom. The monoisotopic (exact) mass is 372 g/mol. The second-order valence-corrected chi connectivity index (χ2v) is 7.56. The molecule has 7 heteroatoms. The molecule has 0 radical (unpaired) electrons. The minimum absolute atomic E-state index is 0.00199. The molecule has 2 heterocycles. The summed E-state index contributed by atoms with van der Waals surface area (Å²) in [7, 11) is 3.49. The van der Waals surface area contributed by atoms with Gasteiger partial charge in [0.25, 0.3) is 0 Å². The van der Waals surface area contributed by atoms with E-state index >= 15 is 0 Å². The molecule has 1 aliphatic rings. The fourth-order valence-electron chi connectivity index (χ4n) is 2.98. The molecule has 1 saturated heterocycles. The first-order chi connectivity index (χ1) is 12.5. The standard InChI is InChI=1S/C19H24N4O2S/c1-21(2)19(25)23-10-8-22(9-11-23)18(24)13-16-14-26-17(20-16)12-15-6-4-3-5-7-15/h3-7,14H,8-13H2,1-2H3. The average molecular weight is 372 g/mol. The molecule has 1 fully saturated rings. The number of rotatable bonds is 4. The highest BCUT2D eigenvalue weighted by atomic mass is 32.1. The van der Waals surface area contributed by atoms with Gasteiger partial charge in [0.1, 0.15) is 0 Å². The number of hydrogen-bond acceptors (Lipinski definition) is 4. The predicted molar refractivity (Wildman–Crippen MR) is 102 cm³/mol. The van der Waals surface area contributed by atoms with Gasteiger partial charge in [-0.05, 0) is 5.56 Å². The Hall–Kier alpha value is -2.41. The molecule has 2 aromatic rings. The Kier molecular flexibility index (Phi) is 5.88. The lowest BCUT2D eigenvalue weighted by molar-refractivity contribution is -0.131. The number of aromatic nitrogens is 1. The molecular weight excluding hydrogens is 348 g/mol. The molecule has 0 N–H and O–H groups in total. The molecule has 0 unspecified atom stereocenters. The number of carbonyl (C=O) groups is 2. The average Bonchev–Trinajstić information content (AvgIpc) is 3.08. The number of thiazole rings is 1. The van der Waals surface area contributed by atoms with Crippen LogP contribution in [0.25, 0.3) is 0 Å². The Balaban J connectivity index is 1.51. The first kappa shape index (κ1) is 18.4. The van der Waals surface area contributed by atoms with Crippen LogP contribution in [0.2, 0.25) is 0 Å². The molecule has 0 bridgehead atoms. The zero-order valence-electron chi connectivity index (χ0n) is 15.2. The third-order valence-corrected chi connectivity index (χ3v) is 5.31. The molecule has 0 atom stereocenters. The molecule has 0 spiro atoms. The van der Waals surface area contributed by atoms with Crippen molar-refractivity contribution in [2.75, 3.05) is 40.3 Å². The smallest absolute Gasteiger partial charge is 0.319 e. The zero-order chi connectivity index (χ0) is 18.5. The first-order valence-electron chi connectivity index (χ1n) is 8.74. The third kappa shape index (κ3) is 4.60. The molecule has 0 saturated carbocycles. The molecule has 1 aromatic heterocycles. The van der Waals surface area contributed by atoms with E-state index in [0.717, 1.165) is 17.1 Å². The largest absolute Gasteiger partial charge is 0.339 e. The Labute approximate surface area is 158 Å². The molecule has 26 heavy (non-hydrogen) atoms. The van der Waals surface area contributed by atoms with Crippen molar-refractivity contribution in [1.29, 1.82) is 0 Å². The number of nitrogens with zero attached hydrogens (tertiary/aromatic N) is 4. The van der Waals surface area contributed by atoms with Crippen LogP contribution < -0.4 is 0 Å². The maximum absolute atomic E-state index is 12.5. The van der Waals surface area contributed by atoms with E-state index in [1.807, 2.05) is 28.5 Å². The van der Waals surface area contributed by atoms with Crippen molar-refractivity contribution in [3.8, 4) is 0 Å². The van der Waals surface area contributed by atoms with Crippen LogP contribution in [0.1, 0.15) is 16.3 Å². The molecule has 6 nitrogen and oxygen atoms in total. The molecule has 0 aliphatic carbocycles. The summed E-state index contributed by atoms with van der Waals surface area (Å²) in [6, 6.07) is 10.2. The van der Waals surface area contributed by atoms with E-state index in [1.54, 1.807) is 35.2 Å². The number of hydrogen-bond donors (Lipinski definition) is 0. The van der Waals surface area contributed by atoms with Crippen LogP contribution in [0.15, 0.2) is 35.7 Å². The van der Waals surface area contributed by atoms with E-state index < -0.39 is 0 Å². The second-order valence-electron chi connectivity index (χ2n) is 6.62. The summed E-state index contributed by atoms with van der Waals surface area (Å²) in [6.45, 7) is 2.33. The van der Waals surface area contributed by atoms with Crippen molar-refractivity contribution in [3.63, 3.8) is 0 Å². The van der Waals surface area contributed by atoms with Gasteiger partial charge in [0.05, 0.1) is 17.1 Å². The molecular formula is C19H24N4O2S. The van der Waals surface area contributed by atoms with Gasteiger partial charge in [0.2, 0.25) is 5.91 Å². The fourth-order valence-corrected chi connectivity index (χ4v) is 3.81. The summed E-state index contributed by atoms with van der Waals surface area (Å²) in [5, 5.41) is 3.00. The van der Waals surface area contributed by atoms with E-state index in [9.17, 15) is 9.59 Å². The van der Waals surface area contributed by atoms with E-state index in [-0.39, 0.29) is 11.9 Å². The molecule has 3 amide bonds. The lowest BCUT2D eigenvalue weighted by Gasteiger charge is -2.35. The van der Waals surface area contributed by atoms with Crippen LogP contribution >= 0.6 is 11.3 Å². The summed E-state index contributed by atoms with van der Waals surface area (Å²) in [6.07, 6.45) is 1.12. The maximum Gasteiger partial charge on any atom is 0.319 e. The van der Waals surface area contributed by atoms with E-state index in [0.29, 0.717) is 32.6 Å². The normalized spacial score (nSPS) is 14.4. The lowest BCUT2D eigenvalue weighted by atomic mass is 10.2. The third-order valence-electron chi connectivity index (χ3n) is 4.42. The lowest BCUT2D eigenvalue weighted by Crippen LogP contribution is -2.53. The summed E-state index contributed by atoms with van der Waals surface area (Å²) in [5.74, 6) is 0.0820. The van der Waals surface area contributed by atoms with Gasteiger partial charge in [0, 0.05) is 52.1 Å². The second kappa shape index (κ2) is 8.31. The van der Waals surface area contributed by atoms with Crippen LogP contribution in [0, 0.1) is 0 Å². The van der Waals surface area contributed by atoms with Crippen molar-refractivity contribution in [2.45, 2.75) is 12.8 Å². The van der Waals surface area contributed by atoms with Crippen molar-refractivity contribution in [1.82, 2.24) is 19.7 Å². The molecule has 3 rings (SSSR count). The van der Waals surface area contributed by atoms with Gasteiger partial charge < -0.3 is 14.7 Å². The quantitative estimate of drug-likeness (QED) is 0.826. The van der Waals surface area contributed by atoms with Crippen LogP contribution in [0.4, 0.5) is 4.79 Å². The number of amides is 3. The van der Waals surface area contributed by atoms with Crippen molar-refractivity contribution >= 4 is 23.3 Å². The fraction of sp³-hybridized carbons (Fsp3) is 0.421. The van der Waals surface area contributed by atoms with Gasteiger partial charge in [-0.2, -0.15) is 0 Å². The van der Waals surface area contributed by atoms with Crippen LogP contribution in [-0.4, -0.2) is 71.9 Å². The molecule has 138 valence electrons. The number of carbonyl (C=O) groups excluding carboxylic acids is 2. The van der Waals surface area contributed by atoms with Gasteiger partial charge in [-0.3, -0.25) is 4.79 Å². The Morgan fingerprint density at radius 1 is 1.08 bits per heavy atom. The topological polar surface area (TPSA) is 56.8 Å². The van der Waals surface area contributed by atoms with Crippen molar-refractivity contribution in [2.24, 2.45) is 0 Å². The van der Waals surface area contributed by atoms with Crippen molar-refractivity contribution < 1.29 is 9.59 Å². The molecule has 1 aliphatic heterocycles. The summed E-state index contributed by atoms with van der Waals surface area (Å²) < 4.78 is 0. The van der Waals surface area contributed by atoms with E-state index in [1.165, 1.54) is 5.56 Å². The summed E-state index contributed by atoms with van der Waals surface area (Å²) in [5.41, 5.74) is 2.05. The van der Waals surface area contributed by atoms with E-state index in [4.69, 9.17) is 0 Å². The van der Waals surface area contributed by atoms with Gasteiger partial charge >= 0.3 is 6.03 Å². The SMILES string of the molecule is CN(C)C(=O)N1CCN(C(=O)Cc2csc(Cc3ccccc3)n2)CC1. The van der Waals surface area contributed by atoms with Crippen molar-refractivity contribution in [3.05, 3.63) is 52.0 Å². The Morgan fingerprint density at radius 3 is 2.38 bits per heavy atom.